The maximum absolute atomic E-state index is 10.0. The summed E-state index contributed by atoms with van der Waals surface area (Å²) in [4.78, 5) is 11.5. The first-order valence-electron chi connectivity index (χ1n) is 13.0. The lowest BCUT2D eigenvalue weighted by Gasteiger charge is -2.26. The van der Waals surface area contributed by atoms with Gasteiger partial charge < -0.3 is 25.2 Å². The lowest BCUT2D eigenvalue weighted by molar-refractivity contribution is 0.0359. The van der Waals surface area contributed by atoms with Crippen molar-refractivity contribution in [2.75, 3.05) is 56.6 Å². The molecular weight excluding hydrogens is 484 g/mol. The van der Waals surface area contributed by atoms with Crippen molar-refractivity contribution in [3.8, 4) is 23.2 Å². The van der Waals surface area contributed by atoms with Gasteiger partial charge in [0.05, 0.1) is 55.6 Å². The molecule has 3 N–H and O–H groups in total. The Bertz CT molecular complexity index is 1330. The molecule has 0 saturated carbocycles. The lowest BCUT2D eigenvalue weighted by atomic mass is 9.83. The Morgan fingerprint density at radius 2 is 2.11 bits per heavy atom. The standard InChI is InChI=1S/C27H34N8O3/c1-18(2)38-25-23(15-35(33-25)7-6-34-8-10-37-11-9-34)32-26-29-5-4-22(31-26)19-12-20(14-28)24-21(13-19)27(3,17-36)16-30-24/h4-5,12-13,15,18,30,36H,6-11,16-17H2,1-3H3,(H,29,31,32)/t27-/m1/s1. The predicted molar refractivity (Wildman–Crippen MR) is 144 cm³/mol. The zero-order valence-corrected chi connectivity index (χ0v) is 22.1. The third-order valence-corrected chi connectivity index (χ3v) is 6.94. The lowest BCUT2D eigenvalue weighted by Crippen LogP contribution is -2.38. The summed E-state index contributed by atoms with van der Waals surface area (Å²) in [5.74, 6) is 0.885. The quantitative estimate of drug-likeness (QED) is 0.388. The van der Waals surface area contributed by atoms with Gasteiger partial charge in [0, 0.05) is 43.4 Å². The van der Waals surface area contributed by atoms with Crippen molar-refractivity contribution < 1.29 is 14.6 Å². The Kier molecular flexibility index (Phi) is 7.46. The summed E-state index contributed by atoms with van der Waals surface area (Å²) < 4.78 is 13.3. The number of anilines is 3. The molecule has 11 nitrogen and oxygen atoms in total. The number of hydrogen-bond acceptors (Lipinski definition) is 10. The van der Waals surface area contributed by atoms with Gasteiger partial charge in [0.25, 0.3) is 5.88 Å². The van der Waals surface area contributed by atoms with Crippen molar-refractivity contribution in [1.29, 1.82) is 5.26 Å². The Balaban J connectivity index is 1.40. The minimum atomic E-state index is -0.468. The second kappa shape index (κ2) is 10.9. The molecule has 0 unspecified atom stereocenters. The molecule has 11 heteroatoms. The van der Waals surface area contributed by atoms with Crippen LogP contribution in [0.3, 0.4) is 0 Å². The Morgan fingerprint density at radius 1 is 1.29 bits per heavy atom. The summed E-state index contributed by atoms with van der Waals surface area (Å²) in [7, 11) is 0. The van der Waals surface area contributed by atoms with Gasteiger partial charge in [-0.05, 0) is 37.6 Å². The number of nitrogens with one attached hydrogen (secondary N) is 2. The summed E-state index contributed by atoms with van der Waals surface area (Å²) in [5.41, 5.74) is 3.88. The van der Waals surface area contributed by atoms with Crippen LogP contribution in [0.25, 0.3) is 11.3 Å². The van der Waals surface area contributed by atoms with Crippen LogP contribution in [0.1, 0.15) is 31.9 Å². The monoisotopic (exact) mass is 518 g/mol. The summed E-state index contributed by atoms with van der Waals surface area (Å²) in [6, 6.07) is 7.90. The fraction of sp³-hybridized carbons (Fsp3) is 0.481. The van der Waals surface area contributed by atoms with Gasteiger partial charge >= 0.3 is 0 Å². The second-order valence-corrected chi connectivity index (χ2v) is 10.3. The number of hydrogen-bond donors (Lipinski definition) is 3. The van der Waals surface area contributed by atoms with E-state index >= 15 is 0 Å². The molecule has 0 spiro atoms. The number of aliphatic hydroxyl groups is 1. The number of nitriles is 1. The fourth-order valence-electron chi connectivity index (χ4n) is 4.75. The van der Waals surface area contributed by atoms with E-state index in [4.69, 9.17) is 14.5 Å². The number of benzene rings is 1. The van der Waals surface area contributed by atoms with E-state index in [1.165, 1.54) is 0 Å². The fourth-order valence-corrected chi connectivity index (χ4v) is 4.75. The van der Waals surface area contributed by atoms with E-state index in [-0.39, 0.29) is 12.7 Å². The molecule has 2 aliphatic heterocycles. The van der Waals surface area contributed by atoms with Gasteiger partial charge in [-0.3, -0.25) is 9.58 Å². The van der Waals surface area contributed by atoms with E-state index in [0.29, 0.717) is 35.3 Å². The predicted octanol–water partition coefficient (Wildman–Crippen LogP) is 2.75. The second-order valence-electron chi connectivity index (χ2n) is 10.3. The molecule has 2 aromatic heterocycles. The van der Waals surface area contributed by atoms with Gasteiger partial charge in [0.1, 0.15) is 11.8 Å². The van der Waals surface area contributed by atoms with E-state index in [2.05, 4.69) is 31.7 Å². The van der Waals surface area contributed by atoms with Crippen molar-refractivity contribution in [3.63, 3.8) is 0 Å². The first-order valence-corrected chi connectivity index (χ1v) is 13.0. The zero-order chi connectivity index (χ0) is 26.7. The average Bonchev–Trinajstić information content (AvgIpc) is 3.47. The average molecular weight is 519 g/mol. The van der Waals surface area contributed by atoms with Crippen molar-refractivity contribution in [3.05, 3.63) is 41.7 Å². The van der Waals surface area contributed by atoms with Crippen LogP contribution >= 0.6 is 0 Å². The van der Waals surface area contributed by atoms with Crippen LogP contribution in [0.4, 0.5) is 17.3 Å². The van der Waals surface area contributed by atoms with Crippen LogP contribution < -0.4 is 15.4 Å². The highest BCUT2D eigenvalue weighted by molar-refractivity contribution is 5.76. The highest BCUT2D eigenvalue weighted by Gasteiger charge is 2.36. The molecule has 1 fully saturated rings. The first-order chi connectivity index (χ1) is 18.4. The van der Waals surface area contributed by atoms with E-state index in [1.807, 2.05) is 49.8 Å². The summed E-state index contributed by atoms with van der Waals surface area (Å²) in [5, 5.41) is 31.0. The Labute approximate surface area is 222 Å². The molecule has 5 rings (SSSR count). The van der Waals surface area contributed by atoms with Gasteiger partial charge in [-0.15, -0.1) is 5.10 Å². The summed E-state index contributed by atoms with van der Waals surface area (Å²) in [6.45, 7) is 11.4. The maximum atomic E-state index is 10.0. The molecule has 200 valence electrons. The molecular formula is C27H34N8O3. The van der Waals surface area contributed by atoms with E-state index in [9.17, 15) is 10.4 Å². The Morgan fingerprint density at radius 3 is 2.84 bits per heavy atom. The minimum Gasteiger partial charge on any atom is -0.472 e. The molecule has 1 aromatic carbocycles. The summed E-state index contributed by atoms with van der Waals surface area (Å²) in [6.07, 6.45) is 3.55. The molecule has 0 aliphatic carbocycles. The molecule has 0 bridgehead atoms. The van der Waals surface area contributed by atoms with Gasteiger partial charge in [-0.2, -0.15) is 5.26 Å². The van der Waals surface area contributed by atoms with Crippen LogP contribution in [0.2, 0.25) is 0 Å². The topological polar surface area (TPSA) is 133 Å². The van der Waals surface area contributed by atoms with Gasteiger partial charge in [-0.25, -0.2) is 9.97 Å². The molecule has 0 amide bonds. The van der Waals surface area contributed by atoms with Crippen molar-refractivity contribution in [2.45, 2.75) is 38.8 Å². The number of fused-ring (bicyclic) bond motifs is 1. The smallest absolute Gasteiger partial charge is 0.257 e. The SMILES string of the molecule is CC(C)Oc1nn(CCN2CCOCC2)cc1Nc1nccc(-c2cc(C#N)c3c(c2)[C@@](C)(CO)CN3)n1. The molecule has 0 radical (unpaired) electrons. The van der Waals surface area contributed by atoms with Crippen molar-refractivity contribution in [1.82, 2.24) is 24.6 Å². The molecule has 3 aromatic rings. The number of rotatable bonds is 9. The largest absolute Gasteiger partial charge is 0.472 e. The zero-order valence-electron chi connectivity index (χ0n) is 22.1. The molecule has 1 saturated heterocycles. The molecule has 2 aliphatic rings. The Hall–Kier alpha value is -3.72. The van der Waals surface area contributed by atoms with Crippen LogP contribution in [0.5, 0.6) is 5.88 Å². The normalized spacial score (nSPS) is 19.2. The highest BCUT2D eigenvalue weighted by atomic mass is 16.5. The van der Waals surface area contributed by atoms with Gasteiger partial charge in [0.2, 0.25) is 5.95 Å². The third kappa shape index (κ3) is 5.43. The number of aromatic nitrogens is 4. The number of nitrogens with zero attached hydrogens (tertiary/aromatic N) is 6. The minimum absolute atomic E-state index is 0.0218. The van der Waals surface area contributed by atoms with Crippen LogP contribution in [-0.4, -0.2) is 81.9 Å². The first kappa shape index (κ1) is 25.9. The number of aliphatic hydroxyl groups excluding tert-OH is 1. The van der Waals surface area contributed by atoms with Gasteiger partial charge in [-0.1, -0.05) is 6.92 Å². The third-order valence-electron chi connectivity index (χ3n) is 6.94. The van der Waals surface area contributed by atoms with Crippen LogP contribution in [0, 0.1) is 11.3 Å². The van der Waals surface area contributed by atoms with Crippen LogP contribution in [-0.2, 0) is 16.7 Å². The van der Waals surface area contributed by atoms with Crippen molar-refractivity contribution in [2.24, 2.45) is 0 Å². The maximum Gasteiger partial charge on any atom is 0.257 e. The highest BCUT2D eigenvalue weighted by Crippen LogP contribution is 2.41. The van der Waals surface area contributed by atoms with E-state index in [0.717, 1.165) is 56.2 Å². The van der Waals surface area contributed by atoms with E-state index in [1.54, 1.807) is 6.20 Å². The number of morpholine rings is 1. The molecule has 1 atom stereocenters. The van der Waals surface area contributed by atoms with Crippen LogP contribution in [0.15, 0.2) is 30.6 Å². The molecule has 38 heavy (non-hydrogen) atoms. The summed E-state index contributed by atoms with van der Waals surface area (Å²) >= 11 is 0. The van der Waals surface area contributed by atoms with Gasteiger partial charge in [0.15, 0.2) is 0 Å². The van der Waals surface area contributed by atoms with Crippen molar-refractivity contribution >= 4 is 17.3 Å². The molecule has 4 heterocycles. The van der Waals surface area contributed by atoms with E-state index < -0.39 is 5.41 Å². The number of ether oxygens (including phenoxy) is 2.